The molecule has 4 heterocycles. The Morgan fingerprint density at radius 1 is 1.03 bits per heavy atom. The van der Waals surface area contributed by atoms with Gasteiger partial charge in [-0.2, -0.15) is 0 Å². The van der Waals surface area contributed by atoms with Crippen LogP contribution in [-0.4, -0.2) is 43.6 Å². The van der Waals surface area contributed by atoms with E-state index in [1.165, 1.54) is 0 Å². The second kappa shape index (κ2) is 7.99. The van der Waals surface area contributed by atoms with Crippen molar-refractivity contribution in [1.82, 2.24) is 30.0 Å². The second-order valence-electron chi connectivity index (χ2n) is 8.41. The number of carbonyl (C=O) groups excluding carboxylic acids is 1. The maximum absolute atomic E-state index is 12.7. The van der Waals surface area contributed by atoms with E-state index in [0.29, 0.717) is 24.2 Å². The van der Waals surface area contributed by atoms with Crippen LogP contribution in [0.25, 0.3) is 0 Å². The highest BCUT2D eigenvalue weighted by atomic mass is 16.2. The first-order valence-corrected chi connectivity index (χ1v) is 10.5. The van der Waals surface area contributed by atoms with Crippen LogP contribution in [0, 0.1) is 18.8 Å². The third-order valence-corrected chi connectivity index (χ3v) is 6.17. The lowest BCUT2D eigenvalue weighted by molar-refractivity contribution is 0.0932. The van der Waals surface area contributed by atoms with Gasteiger partial charge >= 0.3 is 0 Å². The molecule has 0 saturated carbocycles. The molecule has 3 aromatic rings. The first-order valence-electron chi connectivity index (χ1n) is 10.5. The molecular formula is C23H26N6O. The molecule has 1 N–H and O–H groups in total. The molecule has 0 spiro atoms. The summed E-state index contributed by atoms with van der Waals surface area (Å²) in [5.41, 5.74) is 3.25. The van der Waals surface area contributed by atoms with E-state index in [-0.39, 0.29) is 5.91 Å². The van der Waals surface area contributed by atoms with E-state index in [1.54, 1.807) is 0 Å². The number of hydrogen-bond donors (Lipinski definition) is 1. The van der Waals surface area contributed by atoms with Crippen LogP contribution in [-0.2, 0) is 26.1 Å². The quantitative estimate of drug-likeness (QED) is 0.708. The summed E-state index contributed by atoms with van der Waals surface area (Å²) < 4.78 is 2.02. The van der Waals surface area contributed by atoms with Crippen LogP contribution in [0.2, 0.25) is 0 Å². The maximum atomic E-state index is 12.7. The minimum absolute atomic E-state index is 0.158. The van der Waals surface area contributed by atoms with E-state index in [4.69, 9.17) is 0 Å². The monoisotopic (exact) mass is 402 g/mol. The Balaban J connectivity index is 1.24. The van der Waals surface area contributed by atoms with Crippen LogP contribution in [0.5, 0.6) is 0 Å². The van der Waals surface area contributed by atoms with Crippen molar-refractivity contribution in [2.75, 3.05) is 13.1 Å². The molecule has 0 aliphatic carbocycles. The molecule has 2 aliphatic rings. The van der Waals surface area contributed by atoms with E-state index in [1.807, 2.05) is 47.9 Å². The second-order valence-corrected chi connectivity index (χ2v) is 8.41. The highest BCUT2D eigenvalue weighted by Crippen LogP contribution is 2.33. The number of fused-ring (bicyclic) bond motifs is 2. The van der Waals surface area contributed by atoms with Crippen LogP contribution >= 0.6 is 0 Å². The van der Waals surface area contributed by atoms with Crippen molar-refractivity contribution in [2.45, 2.75) is 33.0 Å². The van der Waals surface area contributed by atoms with Crippen molar-refractivity contribution < 1.29 is 4.79 Å². The lowest BCUT2D eigenvalue weighted by atomic mass is 9.89. The van der Waals surface area contributed by atoms with Crippen molar-refractivity contribution in [3.8, 4) is 0 Å². The Labute approximate surface area is 176 Å². The van der Waals surface area contributed by atoms with Crippen LogP contribution in [0.1, 0.15) is 33.4 Å². The number of nitrogens with one attached hydrogen (secondary N) is 1. The molecule has 1 saturated heterocycles. The van der Waals surface area contributed by atoms with Crippen LogP contribution < -0.4 is 5.32 Å². The Kier molecular flexibility index (Phi) is 5.04. The van der Waals surface area contributed by atoms with E-state index < -0.39 is 0 Å². The molecule has 154 valence electrons. The predicted octanol–water partition coefficient (Wildman–Crippen LogP) is 2.22. The molecule has 7 nitrogen and oxygen atoms in total. The largest absolute Gasteiger partial charge is 0.345 e. The molecule has 1 fully saturated rings. The van der Waals surface area contributed by atoms with Crippen molar-refractivity contribution in [3.05, 3.63) is 77.1 Å². The highest BCUT2D eigenvalue weighted by molar-refractivity contribution is 5.90. The van der Waals surface area contributed by atoms with Gasteiger partial charge in [0.15, 0.2) is 0 Å². The van der Waals surface area contributed by atoms with E-state index in [0.717, 1.165) is 55.4 Å². The molecule has 5 rings (SSSR count). The molecule has 1 amide bonds. The SMILES string of the molecule is Cc1cccc(CN2CC3Cc4nnc(C(=O)NCc5ccccc5)n4CC3C2)n1. The third kappa shape index (κ3) is 3.85. The summed E-state index contributed by atoms with van der Waals surface area (Å²) in [5, 5.41) is 11.5. The number of rotatable bonds is 5. The minimum atomic E-state index is -0.158. The normalized spacial score (nSPS) is 20.6. The zero-order valence-electron chi connectivity index (χ0n) is 17.2. The van der Waals surface area contributed by atoms with Gasteiger partial charge in [-0.25, -0.2) is 0 Å². The van der Waals surface area contributed by atoms with Crippen LogP contribution in [0.4, 0.5) is 0 Å². The number of hydrogen-bond acceptors (Lipinski definition) is 5. The van der Waals surface area contributed by atoms with Gasteiger partial charge in [-0.3, -0.25) is 14.7 Å². The lowest BCUT2D eigenvalue weighted by Crippen LogP contribution is -2.32. The van der Waals surface area contributed by atoms with Crippen molar-refractivity contribution in [1.29, 1.82) is 0 Å². The fourth-order valence-electron chi connectivity index (χ4n) is 4.69. The van der Waals surface area contributed by atoms with Crippen molar-refractivity contribution in [3.63, 3.8) is 0 Å². The first kappa shape index (κ1) is 18.9. The Hall–Kier alpha value is -3.06. The fraction of sp³-hybridized carbons (Fsp3) is 0.391. The standard InChI is InChI=1S/C23H26N6O/c1-16-6-5-9-20(25-16)15-28-12-18-10-21-26-27-22(29(21)14-19(18)13-28)23(30)24-11-17-7-3-2-4-8-17/h2-9,18-19H,10-15H2,1H3,(H,24,30). The van der Waals surface area contributed by atoms with Gasteiger partial charge in [0, 0.05) is 44.8 Å². The Morgan fingerprint density at radius 3 is 2.70 bits per heavy atom. The summed E-state index contributed by atoms with van der Waals surface area (Å²) in [6, 6.07) is 16.1. The molecule has 2 aromatic heterocycles. The summed E-state index contributed by atoms with van der Waals surface area (Å²) in [6.45, 7) is 6.26. The van der Waals surface area contributed by atoms with Crippen LogP contribution in [0.15, 0.2) is 48.5 Å². The molecule has 1 aromatic carbocycles. The number of pyridine rings is 1. The number of carbonyl (C=O) groups is 1. The predicted molar refractivity (Wildman–Crippen MR) is 113 cm³/mol. The number of amides is 1. The summed E-state index contributed by atoms with van der Waals surface area (Å²) >= 11 is 0. The Bertz CT molecular complexity index is 1050. The van der Waals surface area contributed by atoms with E-state index >= 15 is 0 Å². The van der Waals surface area contributed by atoms with Gasteiger partial charge in [-0.15, -0.1) is 10.2 Å². The summed E-state index contributed by atoms with van der Waals surface area (Å²) in [7, 11) is 0. The molecule has 2 atom stereocenters. The fourth-order valence-corrected chi connectivity index (χ4v) is 4.69. The summed E-state index contributed by atoms with van der Waals surface area (Å²) in [6.07, 6.45) is 0.876. The van der Waals surface area contributed by atoms with Crippen molar-refractivity contribution in [2.24, 2.45) is 11.8 Å². The molecule has 0 radical (unpaired) electrons. The third-order valence-electron chi connectivity index (χ3n) is 6.17. The average molecular weight is 403 g/mol. The number of aryl methyl sites for hydroxylation is 1. The van der Waals surface area contributed by atoms with Crippen molar-refractivity contribution >= 4 is 5.91 Å². The number of likely N-dealkylation sites (tertiary alicyclic amines) is 1. The van der Waals surface area contributed by atoms with E-state index in [2.05, 4.69) is 37.5 Å². The smallest absolute Gasteiger partial charge is 0.289 e. The highest BCUT2D eigenvalue weighted by Gasteiger charge is 2.39. The molecular weight excluding hydrogens is 376 g/mol. The molecule has 2 aliphatic heterocycles. The number of benzene rings is 1. The average Bonchev–Trinajstić information content (AvgIpc) is 3.33. The summed E-state index contributed by atoms with van der Waals surface area (Å²) in [4.78, 5) is 19.8. The lowest BCUT2D eigenvalue weighted by Gasteiger charge is -2.25. The zero-order valence-corrected chi connectivity index (χ0v) is 17.2. The van der Waals surface area contributed by atoms with Gasteiger partial charge in [0.2, 0.25) is 5.82 Å². The summed E-state index contributed by atoms with van der Waals surface area (Å²) in [5.74, 6) is 2.27. The molecule has 7 heteroatoms. The molecule has 2 unspecified atom stereocenters. The maximum Gasteiger partial charge on any atom is 0.289 e. The van der Waals surface area contributed by atoms with Gasteiger partial charge < -0.3 is 9.88 Å². The molecule has 30 heavy (non-hydrogen) atoms. The van der Waals surface area contributed by atoms with Gasteiger partial charge in [0.25, 0.3) is 5.91 Å². The van der Waals surface area contributed by atoms with Crippen LogP contribution in [0.3, 0.4) is 0 Å². The molecule has 0 bridgehead atoms. The Morgan fingerprint density at radius 2 is 1.87 bits per heavy atom. The minimum Gasteiger partial charge on any atom is -0.345 e. The first-order chi connectivity index (χ1) is 14.7. The van der Waals surface area contributed by atoms with E-state index in [9.17, 15) is 4.79 Å². The van der Waals surface area contributed by atoms with Gasteiger partial charge in [-0.1, -0.05) is 36.4 Å². The van der Waals surface area contributed by atoms with Gasteiger partial charge in [0.1, 0.15) is 5.82 Å². The number of aromatic nitrogens is 4. The topological polar surface area (TPSA) is 75.9 Å². The van der Waals surface area contributed by atoms with Gasteiger partial charge in [0.05, 0.1) is 5.69 Å². The van der Waals surface area contributed by atoms with Gasteiger partial charge in [-0.05, 0) is 36.5 Å². The zero-order chi connectivity index (χ0) is 20.5. The number of nitrogens with zero attached hydrogens (tertiary/aromatic N) is 5.